The zero-order valence-electron chi connectivity index (χ0n) is 66.1. The van der Waals surface area contributed by atoms with Gasteiger partial charge in [0.15, 0.2) is 22.8 Å². The van der Waals surface area contributed by atoms with Crippen LogP contribution in [0.4, 0.5) is 65.9 Å². The van der Waals surface area contributed by atoms with E-state index >= 15 is 0 Å². The Kier molecular flexibility index (Phi) is 35.1. The molecule has 0 aliphatic carbocycles. The number of alkyl halides is 12. The number of carbonyl (C=O) groups is 4. The number of nitrogens with zero attached hydrogens (tertiary/aromatic N) is 12. The van der Waals surface area contributed by atoms with Crippen LogP contribution < -0.4 is 0 Å². The first-order valence-electron chi connectivity index (χ1n) is 39.8. The molecular weight excluding hydrogens is 1630 g/mol. The van der Waals surface area contributed by atoms with Gasteiger partial charge in [0.1, 0.15) is 40.2 Å². The summed E-state index contributed by atoms with van der Waals surface area (Å²) in [5.74, 6) is -3.93. The number of halogens is 17. The topological polar surface area (TPSA) is 209 Å². The fourth-order valence-corrected chi connectivity index (χ4v) is 14.7. The number of H-pyrrole nitrogens is 4. The average molecular weight is 1730 g/mol. The second kappa shape index (κ2) is 44.5. The lowest BCUT2D eigenvalue weighted by Crippen LogP contribution is -2.41. The van der Waals surface area contributed by atoms with Crippen LogP contribution in [0.25, 0.3) is 0 Å². The number of carbonyl (C=O) groups excluding carboxylic acids is 4. The third kappa shape index (κ3) is 29.1. The third-order valence-corrected chi connectivity index (χ3v) is 22.0. The minimum atomic E-state index is -4.68. The normalized spacial score (nSPS) is 15.9. The summed E-state index contributed by atoms with van der Waals surface area (Å²) in [6, 6.07) is 24.9. The molecule has 8 heterocycles. The van der Waals surface area contributed by atoms with Crippen molar-refractivity contribution in [1.82, 2.24) is 80.0 Å². The zero-order valence-corrected chi connectivity index (χ0v) is 67.7. The highest BCUT2D eigenvalue weighted by Crippen LogP contribution is 2.34. The summed E-state index contributed by atoms with van der Waals surface area (Å²) in [5.41, 5.74) is -3.10. The summed E-state index contributed by atoms with van der Waals surface area (Å²) >= 11 is 12.6. The Labute approximate surface area is 690 Å². The molecule has 4 aliphatic heterocycles. The molecular formula is C82H99Cl2F15N16O4. The van der Waals surface area contributed by atoms with Gasteiger partial charge in [-0.25, -0.2) is 13.2 Å². The van der Waals surface area contributed by atoms with Gasteiger partial charge in [-0.2, -0.15) is 73.1 Å². The number of rotatable bonds is 25. The van der Waals surface area contributed by atoms with E-state index in [1.165, 1.54) is 58.9 Å². The van der Waals surface area contributed by atoms with Crippen molar-refractivity contribution in [2.75, 3.05) is 105 Å². The van der Waals surface area contributed by atoms with E-state index in [0.29, 0.717) is 67.0 Å². The molecule has 0 radical (unpaired) electrons. The number of nitrogens with one attached hydrogen (secondary N) is 4. The van der Waals surface area contributed by atoms with Crippen LogP contribution in [0, 0.1) is 30.3 Å². The quantitative estimate of drug-likeness (QED) is 0.0394. The molecule has 0 bridgehead atoms. The number of hydrogen-bond acceptors (Lipinski definition) is 12. The predicted octanol–water partition coefficient (Wildman–Crippen LogP) is 18.1. The van der Waals surface area contributed by atoms with Gasteiger partial charge in [-0.3, -0.25) is 39.6 Å². The maximum atomic E-state index is 14.1. The van der Waals surface area contributed by atoms with Crippen molar-refractivity contribution in [3.05, 3.63) is 210 Å². The molecule has 650 valence electrons. The summed E-state index contributed by atoms with van der Waals surface area (Å²) in [6.45, 7) is 15.0. The van der Waals surface area contributed by atoms with Gasteiger partial charge < -0.3 is 39.2 Å². The van der Waals surface area contributed by atoms with E-state index in [-0.39, 0.29) is 55.4 Å². The molecule has 37 heteroatoms. The highest BCUT2D eigenvalue weighted by atomic mass is 35.5. The summed E-state index contributed by atoms with van der Waals surface area (Å²) in [5, 5.41) is 22.7. The van der Waals surface area contributed by atoms with Crippen molar-refractivity contribution < 1.29 is 85.0 Å². The lowest BCUT2D eigenvalue weighted by atomic mass is 9.94. The van der Waals surface area contributed by atoms with Crippen LogP contribution in [0.2, 0.25) is 10.0 Å². The van der Waals surface area contributed by atoms with E-state index in [2.05, 4.69) is 46.9 Å². The number of piperidine rings is 1. The van der Waals surface area contributed by atoms with Gasteiger partial charge in [-0.1, -0.05) is 135 Å². The molecule has 12 rings (SSSR count). The van der Waals surface area contributed by atoms with Crippen molar-refractivity contribution >= 4 is 46.8 Å². The second-order valence-corrected chi connectivity index (χ2v) is 30.8. The zero-order chi connectivity index (χ0) is 86.0. The molecule has 0 spiro atoms. The largest absolute Gasteiger partial charge is 0.432 e. The van der Waals surface area contributed by atoms with Crippen molar-refractivity contribution in [1.29, 1.82) is 0 Å². The molecule has 119 heavy (non-hydrogen) atoms. The molecule has 4 amide bonds. The molecule has 8 aromatic rings. The first kappa shape index (κ1) is 93.8. The summed E-state index contributed by atoms with van der Waals surface area (Å²) in [4.78, 5) is 66.3. The summed E-state index contributed by atoms with van der Waals surface area (Å²) in [7, 11) is 0. The van der Waals surface area contributed by atoms with Crippen LogP contribution in [0.15, 0.2) is 109 Å². The lowest BCUT2D eigenvalue weighted by molar-refractivity contribution is -0.142. The van der Waals surface area contributed by atoms with Crippen molar-refractivity contribution in [2.45, 2.75) is 161 Å². The molecule has 0 saturated carbocycles. The Morgan fingerprint density at radius 1 is 0.378 bits per heavy atom. The Hall–Kier alpha value is -9.03. The molecule has 4 N–H and O–H groups in total. The SMILES string of the molecule is CCC1CCN(CCN(Cc2ccccc2Cl)C(=O)c2cc(C(F)(F)F)[nH]n2)CC1.Cc1ccc(Cl)c(CN(CCN2CCCCCC2)C(=O)c2cc(C(F)(F)F)[nH]n2)c1.O=C(c1cc(C(F)(F)F)[nH]n1)N(CCN1CCCCCC1)Cc1c(F)cccc1F.O=C(c1cc(C(F)(F)F)[nH]n1)N(CCN1CCCCCC1)Cc1ccccc1F. The maximum Gasteiger partial charge on any atom is 0.432 e. The van der Waals surface area contributed by atoms with Gasteiger partial charge >= 0.3 is 24.7 Å². The summed E-state index contributed by atoms with van der Waals surface area (Å²) in [6.07, 6.45) is -1.63. The van der Waals surface area contributed by atoms with Crippen molar-refractivity contribution in [2.24, 2.45) is 5.92 Å². The minimum absolute atomic E-state index is 0.0342. The van der Waals surface area contributed by atoms with E-state index in [9.17, 15) is 85.0 Å². The Balaban J connectivity index is 0.000000181. The monoisotopic (exact) mass is 1730 g/mol. The van der Waals surface area contributed by atoms with Gasteiger partial charge in [0.05, 0.1) is 6.54 Å². The van der Waals surface area contributed by atoms with Crippen LogP contribution in [-0.2, 0) is 50.9 Å². The molecule has 20 nitrogen and oxygen atoms in total. The highest BCUT2D eigenvalue weighted by Gasteiger charge is 2.39. The van der Waals surface area contributed by atoms with E-state index in [1.54, 1.807) is 47.6 Å². The molecule has 4 aromatic carbocycles. The molecule has 4 aliphatic rings. The van der Waals surface area contributed by atoms with Crippen LogP contribution in [0.3, 0.4) is 0 Å². The van der Waals surface area contributed by atoms with Crippen molar-refractivity contribution in [3.8, 4) is 0 Å². The van der Waals surface area contributed by atoms with Gasteiger partial charge in [-0.15, -0.1) is 0 Å². The number of aromatic amines is 4. The number of benzene rings is 4. The highest BCUT2D eigenvalue weighted by molar-refractivity contribution is 6.31. The number of hydrogen-bond donors (Lipinski definition) is 4. The molecule has 4 fully saturated rings. The van der Waals surface area contributed by atoms with E-state index in [0.717, 1.165) is 168 Å². The lowest BCUT2D eigenvalue weighted by Gasteiger charge is -2.33. The first-order chi connectivity index (χ1) is 56.6. The van der Waals surface area contributed by atoms with Gasteiger partial charge in [-0.05, 0) is 158 Å². The Morgan fingerprint density at radius 2 is 0.681 bits per heavy atom. The maximum absolute atomic E-state index is 14.1. The van der Waals surface area contributed by atoms with Crippen molar-refractivity contribution in [3.63, 3.8) is 0 Å². The fraction of sp³-hybridized carbons (Fsp3) is 0.512. The summed E-state index contributed by atoms with van der Waals surface area (Å²) < 4.78 is 197. The first-order valence-corrected chi connectivity index (χ1v) is 40.6. The van der Waals surface area contributed by atoms with Crippen LogP contribution in [-0.4, -0.2) is 208 Å². The van der Waals surface area contributed by atoms with Crippen LogP contribution in [0.5, 0.6) is 0 Å². The number of aryl methyl sites for hydroxylation is 1. The van der Waals surface area contributed by atoms with E-state index in [1.807, 2.05) is 40.4 Å². The van der Waals surface area contributed by atoms with Gasteiger partial charge in [0.25, 0.3) is 23.6 Å². The molecule has 0 unspecified atom stereocenters. The number of aromatic nitrogens is 8. The average Bonchev–Trinajstić information content (AvgIpc) is 1.73. The molecule has 4 aromatic heterocycles. The Morgan fingerprint density at radius 3 is 1.02 bits per heavy atom. The predicted molar refractivity (Wildman–Crippen MR) is 418 cm³/mol. The molecule has 0 atom stereocenters. The Bertz CT molecular complexity index is 4480. The number of likely N-dealkylation sites (tertiary alicyclic amines) is 4. The standard InChI is InChI=1S/2C21H26ClF3N4O.C20H23F5N4O.C20H24F4N4O/c1-15-6-7-17(22)16(12-15)14-29(11-10-28-8-4-2-3-5-9-28)20(30)18-13-19(27-26-18)21(23,24)25;1-2-15-7-9-28(10-8-15)11-12-29(14-16-5-3-4-6-17(16)22)20(30)18-13-19(27-26-18)21(23,24)25;21-15-6-5-7-16(22)14(15)13-29(11-10-28-8-3-1-2-4-9-28)19(30)17-12-18(27-26-17)20(23,24)25;21-16-8-4-3-7-15(16)14-28(12-11-27-9-5-1-2-6-10-27)19(29)17-13-18(26-25-17)20(22,23)24/h6-7,12-13H,2-5,8-11,14H2,1H3,(H,26,27);3-6,13,15H,2,7-12,14H2,1H3,(H,26,27);5-7,12H,1-4,8-11,13H2,(H,26,27);3-4,7-8,13H,1-2,5-6,9-12,14H2,(H,25,26). The van der Waals surface area contributed by atoms with Crippen LogP contribution in [0.1, 0.15) is 196 Å². The van der Waals surface area contributed by atoms with Crippen LogP contribution >= 0.6 is 23.2 Å². The molecule has 4 saturated heterocycles. The van der Waals surface area contributed by atoms with Gasteiger partial charge in [0.2, 0.25) is 0 Å². The third-order valence-electron chi connectivity index (χ3n) is 21.3. The minimum Gasteiger partial charge on any atom is -0.332 e. The van der Waals surface area contributed by atoms with E-state index < -0.39 is 101 Å². The van der Waals surface area contributed by atoms with E-state index in [4.69, 9.17) is 23.2 Å². The second-order valence-electron chi connectivity index (χ2n) is 30.0. The smallest absolute Gasteiger partial charge is 0.332 e. The van der Waals surface area contributed by atoms with Gasteiger partial charge in [0, 0.05) is 117 Å². The fourth-order valence-electron chi connectivity index (χ4n) is 14.3. The number of amides is 4.